The Bertz CT molecular complexity index is 696. The third-order valence-electron chi connectivity index (χ3n) is 4.01. The number of hydrogen-bond donors (Lipinski definition) is 2. The summed E-state index contributed by atoms with van der Waals surface area (Å²) in [5, 5.41) is 10.8. The van der Waals surface area contributed by atoms with Gasteiger partial charge in [-0.2, -0.15) is 0 Å². The van der Waals surface area contributed by atoms with Crippen LogP contribution in [-0.2, 0) is 16.0 Å². The zero-order valence-corrected chi connectivity index (χ0v) is 14.5. The molecule has 0 radical (unpaired) electrons. The highest BCUT2D eigenvalue weighted by molar-refractivity contribution is 5.76. The summed E-state index contributed by atoms with van der Waals surface area (Å²) in [6, 6.07) is 16.2. The fraction of sp³-hybridized carbons (Fsp3) is 0.300. The Hall–Kier alpha value is -2.82. The summed E-state index contributed by atoms with van der Waals surface area (Å²) in [6.45, 7) is 3.73. The van der Waals surface area contributed by atoms with E-state index in [1.54, 1.807) is 0 Å². The number of rotatable bonds is 4. The third-order valence-corrected chi connectivity index (χ3v) is 4.01. The van der Waals surface area contributed by atoms with Gasteiger partial charge in [-0.15, -0.1) is 0 Å². The second kappa shape index (κ2) is 8.87. The van der Waals surface area contributed by atoms with Crippen molar-refractivity contribution in [3.8, 4) is 0 Å². The highest BCUT2D eigenvalue weighted by Crippen LogP contribution is 2.36. The Morgan fingerprint density at radius 1 is 1.04 bits per heavy atom. The Morgan fingerprint density at radius 2 is 1.56 bits per heavy atom. The maximum Gasteiger partial charge on any atom is 0.407 e. The Kier molecular flexibility index (Phi) is 6.57. The second-order valence-electron chi connectivity index (χ2n) is 5.47. The monoisotopic (exact) mass is 341 g/mol. The normalized spacial score (nSPS) is 12.1. The molecule has 0 aliphatic heterocycles. The molecule has 2 N–H and O–H groups in total. The van der Waals surface area contributed by atoms with Crippen LogP contribution in [0.3, 0.4) is 0 Å². The van der Waals surface area contributed by atoms with Crippen molar-refractivity contribution < 1.29 is 19.4 Å². The third kappa shape index (κ3) is 4.59. The molecule has 0 saturated carbocycles. The number of carboxylic acids is 1. The molecule has 1 amide bonds. The summed E-state index contributed by atoms with van der Waals surface area (Å²) < 4.78 is 5.23. The zero-order valence-electron chi connectivity index (χ0n) is 14.5. The van der Waals surface area contributed by atoms with Gasteiger partial charge in [-0.1, -0.05) is 62.4 Å². The first-order valence-corrected chi connectivity index (χ1v) is 8.43. The average Bonchev–Trinajstić information content (AvgIpc) is 2.65. The van der Waals surface area contributed by atoms with E-state index >= 15 is 0 Å². The topological polar surface area (TPSA) is 75.6 Å². The van der Waals surface area contributed by atoms with Crippen molar-refractivity contribution in [1.29, 1.82) is 0 Å². The molecule has 2 aromatic rings. The fourth-order valence-electron chi connectivity index (χ4n) is 2.98. The van der Waals surface area contributed by atoms with Gasteiger partial charge >= 0.3 is 12.1 Å². The summed E-state index contributed by atoms with van der Waals surface area (Å²) in [4.78, 5) is 22.1. The van der Waals surface area contributed by atoms with E-state index in [2.05, 4.69) is 29.6 Å². The molecule has 3 rings (SSSR count). The summed E-state index contributed by atoms with van der Waals surface area (Å²) in [5.74, 6) is -1.14. The summed E-state index contributed by atoms with van der Waals surface area (Å²) >= 11 is 0. The molecule has 25 heavy (non-hydrogen) atoms. The van der Waals surface area contributed by atoms with Crippen molar-refractivity contribution in [1.82, 2.24) is 5.32 Å². The SMILES string of the molecule is CC.O=C(O)CNC(=O)OCC1c2ccccc2Cc2ccccc21. The second-order valence-corrected chi connectivity index (χ2v) is 5.47. The van der Waals surface area contributed by atoms with Crippen molar-refractivity contribution >= 4 is 12.1 Å². The smallest absolute Gasteiger partial charge is 0.407 e. The molecule has 5 heteroatoms. The van der Waals surface area contributed by atoms with Gasteiger partial charge < -0.3 is 15.2 Å². The number of ether oxygens (including phenoxy) is 1. The minimum absolute atomic E-state index is 0.0354. The van der Waals surface area contributed by atoms with Gasteiger partial charge in [0.1, 0.15) is 13.2 Å². The maximum absolute atomic E-state index is 11.6. The Labute approximate surface area is 147 Å². The number of carbonyl (C=O) groups excluding carboxylic acids is 1. The number of benzene rings is 2. The number of fused-ring (bicyclic) bond motifs is 2. The highest BCUT2D eigenvalue weighted by Gasteiger charge is 2.26. The molecule has 0 atom stereocenters. The lowest BCUT2D eigenvalue weighted by atomic mass is 9.78. The van der Waals surface area contributed by atoms with Gasteiger partial charge in [0, 0.05) is 5.92 Å². The minimum Gasteiger partial charge on any atom is -0.480 e. The van der Waals surface area contributed by atoms with Gasteiger partial charge in [0.05, 0.1) is 0 Å². The number of hydrogen-bond acceptors (Lipinski definition) is 3. The zero-order chi connectivity index (χ0) is 18.2. The van der Waals surface area contributed by atoms with Crippen LogP contribution in [0.4, 0.5) is 4.79 Å². The van der Waals surface area contributed by atoms with Gasteiger partial charge in [0.15, 0.2) is 0 Å². The van der Waals surface area contributed by atoms with Crippen LogP contribution in [0.25, 0.3) is 0 Å². The number of amides is 1. The van der Waals surface area contributed by atoms with Crippen molar-refractivity contribution in [3.05, 3.63) is 70.8 Å². The van der Waals surface area contributed by atoms with Crippen LogP contribution in [0.1, 0.15) is 42.0 Å². The molecule has 1 aliphatic carbocycles. The lowest BCUT2D eigenvalue weighted by molar-refractivity contribution is -0.135. The summed E-state index contributed by atoms with van der Waals surface area (Å²) in [6.07, 6.45) is 0.154. The van der Waals surface area contributed by atoms with E-state index in [4.69, 9.17) is 9.84 Å². The summed E-state index contributed by atoms with van der Waals surface area (Å²) in [7, 11) is 0. The standard InChI is InChI=1S/C18H17NO4.C2H6/c20-17(21)10-19-18(22)23-11-16-14-7-3-1-5-12(14)9-13-6-2-4-8-15(13)16;1-2/h1-8,16H,9-11H2,(H,19,22)(H,20,21);1-2H3. The summed E-state index contributed by atoms with van der Waals surface area (Å²) in [5.41, 5.74) is 4.76. The van der Waals surface area contributed by atoms with Crippen molar-refractivity contribution in [2.75, 3.05) is 13.2 Å². The van der Waals surface area contributed by atoms with Crippen molar-refractivity contribution in [2.45, 2.75) is 26.2 Å². The largest absolute Gasteiger partial charge is 0.480 e. The number of alkyl carbamates (subject to hydrolysis) is 1. The first-order chi connectivity index (χ1) is 12.1. The molecule has 0 saturated heterocycles. The van der Waals surface area contributed by atoms with Crippen molar-refractivity contribution in [3.63, 3.8) is 0 Å². The van der Waals surface area contributed by atoms with Gasteiger partial charge in [-0.05, 0) is 28.7 Å². The number of aliphatic carboxylic acids is 1. The van der Waals surface area contributed by atoms with Crippen LogP contribution < -0.4 is 5.32 Å². The molecular weight excluding hydrogens is 318 g/mol. The minimum atomic E-state index is -1.10. The van der Waals surface area contributed by atoms with E-state index in [9.17, 15) is 9.59 Å². The molecule has 0 bridgehead atoms. The average molecular weight is 341 g/mol. The molecule has 132 valence electrons. The molecule has 0 aromatic heterocycles. The number of carbonyl (C=O) groups is 2. The van der Waals surface area contributed by atoms with E-state index in [0.29, 0.717) is 0 Å². The number of carboxylic acid groups (broad SMARTS) is 1. The molecule has 0 heterocycles. The molecular formula is C20H23NO4. The van der Waals surface area contributed by atoms with Gasteiger partial charge in [0.2, 0.25) is 0 Å². The van der Waals surface area contributed by atoms with Crippen LogP contribution >= 0.6 is 0 Å². The molecule has 2 aromatic carbocycles. The lowest BCUT2D eigenvalue weighted by Gasteiger charge is -2.28. The highest BCUT2D eigenvalue weighted by atomic mass is 16.5. The maximum atomic E-state index is 11.6. The van der Waals surface area contributed by atoms with Crippen LogP contribution in [0.2, 0.25) is 0 Å². The Morgan fingerprint density at radius 3 is 2.08 bits per heavy atom. The molecule has 0 unspecified atom stereocenters. The van der Waals surface area contributed by atoms with Crippen LogP contribution in [0.5, 0.6) is 0 Å². The van der Waals surface area contributed by atoms with E-state index in [-0.39, 0.29) is 12.5 Å². The number of nitrogens with one attached hydrogen (secondary N) is 1. The quantitative estimate of drug-likeness (QED) is 0.891. The van der Waals surface area contributed by atoms with E-state index in [0.717, 1.165) is 17.5 Å². The molecule has 0 fully saturated rings. The fourth-order valence-corrected chi connectivity index (χ4v) is 2.98. The molecule has 0 spiro atoms. The van der Waals surface area contributed by atoms with E-state index in [1.807, 2.05) is 38.1 Å². The van der Waals surface area contributed by atoms with Crippen LogP contribution in [-0.4, -0.2) is 30.3 Å². The van der Waals surface area contributed by atoms with Crippen LogP contribution in [0.15, 0.2) is 48.5 Å². The van der Waals surface area contributed by atoms with Gasteiger partial charge in [0.25, 0.3) is 0 Å². The van der Waals surface area contributed by atoms with E-state index < -0.39 is 18.6 Å². The van der Waals surface area contributed by atoms with Gasteiger partial charge in [-0.3, -0.25) is 4.79 Å². The van der Waals surface area contributed by atoms with Crippen LogP contribution in [0, 0.1) is 0 Å². The first kappa shape index (κ1) is 18.5. The predicted molar refractivity (Wildman–Crippen MR) is 95.9 cm³/mol. The predicted octanol–water partition coefficient (Wildman–Crippen LogP) is 3.56. The van der Waals surface area contributed by atoms with Gasteiger partial charge in [-0.25, -0.2) is 4.79 Å². The Balaban J connectivity index is 0.00000109. The van der Waals surface area contributed by atoms with E-state index in [1.165, 1.54) is 11.1 Å². The lowest BCUT2D eigenvalue weighted by Crippen LogP contribution is -2.31. The first-order valence-electron chi connectivity index (χ1n) is 8.43. The molecule has 5 nitrogen and oxygen atoms in total. The molecule has 1 aliphatic rings. The van der Waals surface area contributed by atoms with Crippen molar-refractivity contribution in [2.24, 2.45) is 0 Å².